The molecule has 7 heteroatoms. The van der Waals surface area contributed by atoms with Gasteiger partial charge in [0.05, 0.1) is 0 Å². The molecule has 0 amide bonds. The van der Waals surface area contributed by atoms with E-state index in [1.807, 2.05) is 6.26 Å². The molecule has 0 saturated carbocycles. The van der Waals surface area contributed by atoms with Gasteiger partial charge in [-0.1, -0.05) is 11.8 Å². The van der Waals surface area contributed by atoms with Crippen LogP contribution in [0.25, 0.3) is 0 Å². The highest BCUT2D eigenvalue weighted by Crippen LogP contribution is 2.19. The minimum atomic E-state index is 0.610. The molecule has 0 radical (unpaired) electrons. The first-order valence-electron chi connectivity index (χ1n) is 5.38. The summed E-state index contributed by atoms with van der Waals surface area (Å²) in [6.45, 7) is 2.86. The van der Waals surface area contributed by atoms with Gasteiger partial charge < -0.3 is 10.7 Å². The predicted molar refractivity (Wildman–Crippen MR) is 78.0 cm³/mol. The van der Waals surface area contributed by atoms with Crippen LogP contribution in [0.5, 0.6) is 0 Å². The number of nitrogens with zero attached hydrogens (tertiary/aromatic N) is 2. The summed E-state index contributed by atoms with van der Waals surface area (Å²) in [4.78, 5) is 8.59. The van der Waals surface area contributed by atoms with Crippen LogP contribution < -0.4 is 16.6 Å². The highest BCUT2D eigenvalue weighted by atomic mass is 32.2. The van der Waals surface area contributed by atoms with Crippen LogP contribution in [0.3, 0.4) is 0 Å². The molecule has 0 atom stereocenters. The van der Waals surface area contributed by atoms with Crippen molar-refractivity contribution >= 4 is 34.7 Å². The Balaban J connectivity index is 2.11. The number of thioether (sulfide) groups is 1. The third-order valence-electron chi connectivity index (χ3n) is 2.46. The average molecular weight is 281 g/mol. The van der Waals surface area contributed by atoms with Gasteiger partial charge in [0.1, 0.15) is 11.6 Å². The lowest BCUT2D eigenvalue weighted by Crippen LogP contribution is -2.11. The zero-order valence-corrected chi connectivity index (χ0v) is 11.9. The number of aromatic nitrogens is 2. The van der Waals surface area contributed by atoms with E-state index in [2.05, 4.69) is 38.4 Å². The summed E-state index contributed by atoms with van der Waals surface area (Å²) < 4.78 is 0. The van der Waals surface area contributed by atoms with E-state index < -0.39 is 0 Å². The van der Waals surface area contributed by atoms with E-state index in [-0.39, 0.29) is 0 Å². The number of nitrogens with two attached hydrogens (primary N) is 1. The summed E-state index contributed by atoms with van der Waals surface area (Å²) in [5, 5.41) is 8.25. The van der Waals surface area contributed by atoms with Gasteiger partial charge in [0.2, 0.25) is 0 Å². The van der Waals surface area contributed by atoms with Crippen LogP contribution in [-0.2, 0) is 6.54 Å². The lowest BCUT2D eigenvalue weighted by atomic mass is 10.2. The van der Waals surface area contributed by atoms with E-state index in [0.29, 0.717) is 11.0 Å². The molecule has 0 spiro atoms. The number of hydrogen-bond donors (Lipinski definition) is 3. The summed E-state index contributed by atoms with van der Waals surface area (Å²) in [5.41, 5.74) is 5.12. The smallest absolute Gasteiger partial charge is 0.191 e. The molecule has 2 heterocycles. The van der Waals surface area contributed by atoms with Crippen molar-refractivity contribution in [2.75, 3.05) is 17.0 Å². The molecule has 0 unspecified atom stereocenters. The number of hydrazine groups is 1. The summed E-state index contributed by atoms with van der Waals surface area (Å²) >= 11 is 3.19. The van der Waals surface area contributed by atoms with Crippen molar-refractivity contribution < 1.29 is 0 Å². The fourth-order valence-electron chi connectivity index (χ4n) is 1.43. The maximum absolute atomic E-state index is 5.38. The first-order chi connectivity index (χ1) is 8.72. The van der Waals surface area contributed by atoms with Gasteiger partial charge in [0.15, 0.2) is 5.16 Å². The molecule has 4 N–H and O–H groups in total. The van der Waals surface area contributed by atoms with E-state index in [4.69, 9.17) is 5.84 Å². The van der Waals surface area contributed by atoms with Crippen LogP contribution in [0.2, 0.25) is 0 Å². The van der Waals surface area contributed by atoms with Crippen molar-refractivity contribution in [1.29, 1.82) is 0 Å². The molecular weight excluding hydrogens is 266 g/mol. The Hall–Kier alpha value is -1.31. The van der Waals surface area contributed by atoms with Gasteiger partial charge >= 0.3 is 0 Å². The third kappa shape index (κ3) is 3.12. The Morgan fingerprint density at radius 1 is 1.33 bits per heavy atom. The molecule has 0 saturated heterocycles. The monoisotopic (exact) mass is 281 g/mol. The second-order valence-corrected chi connectivity index (χ2v) is 5.22. The zero-order chi connectivity index (χ0) is 13.0. The zero-order valence-electron chi connectivity index (χ0n) is 10.2. The van der Waals surface area contributed by atoms with E-state index in [0.717, 1.165) is 12.4 Å². The minimum Gasteiger partial charge on any atom is -0.366 e. The van der Waals surface area contributed by atoms with Gasteiger partial charge in [-0.25, -0.2) is 15.8 Å². The number of thiophene rings is 1. The number of rotatable bonds is 5. The summed E-state index contributed by atoms with van der Waals surface area (Å²) in [7, 11) is 0. The standard InChI is InChI=1S/C11H15N5S2/c1-7-5-18-6-8(7)4-13-9-3-10(16-12)15-11(14-9)17-2/h3,5-6H,4,12H2,1-2H3,(H2,13,14,15,16). The summed E-state index contributed by atoms with van der Waals surface area (Å²) in [6.07, 6.45) is 1.93. The SMILES string of the molecule is CSc1nc(NN)cc(NCc2cscc2C)n1. The van der Waals surface area contributed by atoms with Gasteiger partial charge in [-0.2, -0.15) is 11.3 Å². The lowest BCUT2D eigenvalue weighted by molar-refractivity contribution is 0.952. The van der Waals surface area contributed by atoms with E-state index in [1.54, 1.807) is 17.4 Å². The quantitative estimate of drug-likeness (QED) is 0.338. The van der Waals surface area contributed by atoms with E-state index >= 15 is 0 Å². The second kappa shape index (κ2) is 6.03. The molecule has 0 aliphatic carbocycles. The highest BCUT2D eigenvalue weighted by molar-refractivity contribution is 7.98. The largest absolute Gasteiger partial charge is 0.366 e. The molecule has 2 aromatic heterocycles. The Kier molecular flexibility index (Phi) is 4.40. The van der Waals surface area contributed by atoms with Crippen LogP contribution >= 0.6 is 23.1 Å². The second-order valence-electron chi connectivity index (χ2n) is 3.70. The Bertz CT molecular complexity index is 504. The fraction of sp³-hybridized carbons (Fsp3) is 0.273. The molecule has 2 aromatic rings. The molecule has 2 rings (SSSR count). The first kappa shape index (κ1) is 13.1. The van der Waals surface area contributed by atoms with Gasteiger partial charge in [-0.15, -0.1) is 0 Å². The van der Waals surface area contributed by atoms with Crippen molar-refractivity contribution in [3.63, 3.8) is 0 Å². The fourth-order valence-corrected chi connectivity index (χ4v) is 2.67. The number of nitrogens with one attached hydrogen (secondary N) is 2. The van der Waals surface area contributed by atoms with E-state index in [1.165, 1.54) is 22.9 Å². The van der Waals surface area contributed by atoms with Crippen molar-refractivity contribution in [2.45, 2.75) is 18.6 Å². The highest BCUT2D eigenvalue weighted by Gasteiger charge is 2.04. The Morgan fingerprint density at radius 2 is 2.11 bits per heavy atom. The number of nitrogen functional groups attached to an aromatic ring is 1. The molecule has 0 bridgehead atoms. The van der Waals surface area contributed by atoms with Crippen molar-refractivity contribution in [3.8, 4) is 0 Å². The maximum atomic E-state index is 5.38. The van der Waals surface area contributed by atoms with Crippen LogP contribution in [0, 0.1) is 6.92 Å². The molecule has 5 nitrogen and oxygen atoms in total. The molecule has 0 aliphatic heterocycles. The van der Waals surface area contributed by atoms with Crippen molar-refractivity contribution in [1.82, 2.24) is 9.97 Å². The van der Waals surface area contributed by atoms with Gasteiger partial charge in [0.25, 0.3) is 0 Å². The Labute approximate surface area is 114 Å². The molecule has 0 aliphatic rings. The van der Waals surface area contributed by atoms with E-state index in [9.17, 15) is 0 Å². The molecule has 0 aromatic carbocycles. The van der Waals surface area contributed by atoms with Crippen molar-refractivity contribution in [2.24, 2.45) is 5.84 Å². The first-order valence-corrected chi connectivity index (χ1v) is 7.55. The Morgan fingerprint density at radius 3 is 2.72 bits per heavy atom. The number of aryl methyl sites for hydroxylation is 1. The predicted octanol–water partition coefficient (Wildman–Crippen LogP) is 2.47. The van der Waals surface area contributed by atoms with Crippen LogP contribution in [0.1, 0.15) is 11.1 Å². The van der Waals surface area contributed by atoms with Gasteiger partial charge in [-0.3, -0.25) is 0 Å². The summed E-state index contributed by atoms with van der Waals surface area (Å²) in [6, 6.07) is 1.79. The van der Waals surface area contributed by atoms with Crippen LogP contribution in [0.4, 0.5) is 11.6 Å². The van der Waals surface area contributed by atoms with Crippen molar-refractivity contribution in [3.05, 3.63) is 28.0 Å². The minimum absolute atomic E-state index is 0.610. The summed E-state index contributed by atoms with van der Waals surface area (Å²) in [5.74, 6) is 6.76. The molecule has 96 valence electrons. The molecule has 18 heavy (non-hydrogen) atoms. The van der Waals surface area contributed by atoms with Gasteiger partial charge in [-0.05, 0) is 35.1 Å². The molecular formula is C11H15N5S2. The van der Waals surface area contributed by atoms with Crippen LogP contribution in [0.15, 0.2) is 22.0 Å². The van der Waals surface area contributed by atoms with Gasteiger partial charge in [0, 0.05) is 12.6 Å². The number of anilines is 2. The molecule has 0 fully saturated rings. The third-order valence-corrected chi connectivity index (χ3v) is 3.92. The number of hydrogen-bond acceptors (Lipinski definition) is 7. The lowest BCUT2D eigenvalue weighted by Gasteiger charge is -2.08. The topological polar surface area (TPSA) is 75.9 Å². The average Bonchev–Trinajstić information content (AvgIpc) is 2.81. The maximum Gasteiger partial charge on any atom is 0.191 e. The van der Waals surface area contributed by atoms with Crippen LogP contribution in [-0.4, -0.2) is 16.2 Å². The normalized spacial score (nSPS) is 10.4.